The van der Waals surface area contributed by atoms with Crippen molar-refractivity contribution < 1.29 is 4.79 Å². The van der Waals surface area contributed by atoms with Crippen LogP contribution in [0.4, 0.5) is 5.69 Å². The third kappa shape index (κ3) is 5.20. The van der Waals surface area contributed by atoms with Crippen LogP contribution in [-0.4, -0.2) is 36.5 Å². The maximum atomic E-state index is 12.0. The molecule has 0 aliphatic heterocycles. The fourth-order valence-corrected chi connectivity index (χ4v) is 2.75. The first-order valence-corrected chi connectivity index (χ1v) is 7.82. The molecule has 1 aromatic rings. The summed E-state index contributed by atoms with van der Waals surface area (Å²) < 4.78 is 0. The van der Waals surface area contributed by atoms with Gasteiger partial charge in [-0.2, -0.15) is 0 Å². The summed E-state index contributed by atoms with van der Waals surface area (Å²) in [6.07, 6.45) is 2.09. The number of nitrogens with zero attached hydrogens (tertiary/aromatic N) is 1. The number of anilines is 1. The highest BCUT2D eigenvalue weighted by Gasteiger charge is 2.13. The lowest BCUT2D eigenvalue weighted by Crippen LogP contribution is -2.33. The van der Waals surface area contributed by atoms with Crippen molar-refractivity contribution in [2.75, 3.05) is 25.4 Å². The number of amides is 1. The number of nitrogens with two attached hydrogens (primary N) is 1. The first kappa shape index (κ1) is 16.0. The smallest absolute Gasteiger partial charge is 0.263 e. The number of carbonyl (C=O) groups is 1. The Morgan fingerprint density at radius 3 is 2.68 bits per heavy atom. The van der Waals surface area contributed by atoms with Crippen LogP contribution in [0.2, 0.25) is 0 Å². The molecule has 1 heterocycles. The molecular weight excluding hydrogens is 258 g/mol. The lowest BCUT2D eigenvalue weighted by molar-refractivity contribution is 0.0942. The fourth-order valence-electron chi connectivity index (χ4n) is 2.03. The van der Waals surface area contributed by atoms with Crippen LogP contribution in [0.25, 0.3) is 0 Å². The topological polar surface area (TPSA) is 58.4 Å². The van der Waals surface area contributed by atoms with Gasteiger partial charge in [-0.1, -0.05) is 13.8 Å². The molecule has 0 aromatic carbocycles. The van der Waals surface area contributed by atoms with Crippen LogP contribution >= 0.6 is 11.3 Å². The highest BCUT2D eigenvalue weighted by molar-refractivity contribution is 7.12. The molecule has 0 aliphatic rings. The average Bonchev–Trinajstić information content (AvgIpc) is 2.81. The number of nitrogen functional groups attached to an aromatic ring is 1. The van der Waals surface area contributed by atoms with E-state index >= 15 is 0 Å². The second-order valence-corrected chi connectivity index (χ2v) is 5.66. The minimum Gasteiger partial charge on any atom is -0.397 e. The van der Waals surface area contributed by atoms with Gasteiger partial charge >= 0.3 is 0 Å². The molecule has 0 spiro atoms. The number of nitrogens with one attached hydrogen (secondary N) is 1. The van der Waals surface area contributed by atoms with Gasteiger partial charge in [0, 0.05) is 6.04 Å². The lowest BCUT2D eigenvalue weighted by atomic mass is 10.1. The van der Waals surface area contributed by atoms with Gasteiger partial charge in [-0.15, -0.1) is 11.3 Å². The van der Waals surface area contributed by atoms with Crippen LogP contribution in [0.5, 0.6) is 0 Å². The molecule has 0 fully saturated rings. The number of hydrogen-bond donors (Lipinski definition) is 2. The van der Waals surface area contributed by atoms with E-state index in [-0.39, 0.29) is 11.9 Å². The van der Waals surface area contributed by atoms with Crippen molar-refractivity contribution in [1.29, 1.82) is 0 Å². The number of carbonyl (C=O) groups excluding carboxylic acids is 1. The Morgan fingerprint density at radius 2 is 2.16 bits per heavy atom. The Labute approximate surface area is 120 Å². The Hall–Kier alpha value is -1.07. The van der Waals surface area contributed by atoms with Crippen molar-refractivity contribution >= 4 is 22.9 Å². The van der Waals surface area contributed by atoms with E-state index in [1.54, 1.807) is 6.07 Å². The summed E-state index contributed by atoms with van der Waals surface area (Å²) in [6.45, 7) is 9.66. The van der Waals surface area contributed by atoms with Crippen LogP contribution in [0.1, 0.15) is 43.3 Å². The zero-order valence-electron chi connectivity index (χ0n) is 12.1. The van der Waals surface area contributed by atoms with Crippen LogP contribution in [0.15, 0.2) is 11.4 Å². The quantitative estimate of drug-likeness (QED) is 0.771. The predicted molar refractivity (Wildman–Crippen MR) is 82.7 cm³/mol. The Bertz CT molecular complexity index is 388. The zero-order chi connectivity index (χ0) is 14.3. The van der Waals surface area contributed by atoms with E-state index in [9.17, 15) is 4.79 Å². The van der Waals surface area contributed by atoms with Gasteiger partial charge in [-0.3, -0.25) is 4.79 Å². The lowest BCUT2D eigenvalue weighted by Gasteiger charge is -2.19. The monoisotopic (exact) mass is 283 g/mol. The van der Waals surface area contributed by atoms with E-state index in [0.717, 1.165) is 32.5 Å². The molecule has 1 atom stereocenters. The second-order valence-electron chi connectivity index (χ2n) is 4.75. The summed E-state index contributed by atoms with van der Waals surface area (Å²) >= 11 is 1.39. The van der Waals surface area contributed by atoms with E-state index in [1.165, 1.54) is 11.3 Å². The molecule has 0 aliphatic carbocycles. The van der Waals surface area contributed by atoms with E-state index in [4.69, 9.17) is 5.73 Å². The van der Waals surface area contributed by atoms with Gasteiger partial charge in [-0.05, 0) is 50.8 Å². The van der Waals surface area contributed by atoms with Crippen LogP contribution < -0.4 is 11.1 Å². The van der Waals surface area contributed by atoms with Crippen molar-refractivity contribution in [3.05, 3.63) is 16.3 Å². The summed E-state index contributed by atoms with van der Waals surface area (Å²) in [5, 5.41) is 4.85. The third-order valence-electron chi connectivity index (χ3n) is 3.29. The zero-order valence-corrected chi connectivity index (χ0v) is 12.9. The molecule has 0 bridgehead atoms. The van der Waals surface area contributed by atoms with E-state index in [2.05, 4.69) is 24.1 Å². The molecule has 1 unspecified atom stereocenters. The summed E-state index contributed by atoms with van der Waals surface area (Å²) in [5.41, 5.74) is 6.30. The molecule has 0 radical (unpaired) electrons. The molecule has 1 aromatic heterocycles. The van der Waals surface area contributed by atoms with Crippen molar-refractivity contribution in [2.45, 2.75) is 39.7 Å². The first-order chi connectivity index (χ1) is 9.08. The molecule has 0 saturated heterocycles. The van der Waals surface area contributed by atoms with Gasteiger partial charge in [0.1, 0.15) is 4.88 Å². The number of thiophene rings is 1. The molecule has 1 amide bonds. The SMILES string of the molecule is CCN(CC)CCCC(C)NC(=O)c1sccc1N. The van der Waals surface area contributed by atoms with Gasteiger partial charge < -0.3 is 16.0 Å². The van der Waals surface area contributed by atoms with Crippen LogP contribution in [-0.2, 0) is 0 Å². The van der Waals surface area contributed by atoms with Crippen LogP contribution in [0.3, 0.4) is 0 Å². The number of rotatable bonds is 8. The van der Waals surface area contributed by atoms with Crippen molar-refractivity contribution in [3.63, 3.8) is 0 Å². The van der Waals surface area contributed by atoms with Crippen molar-refractivity contribution in [2.24, 2.45) is 0 Å². The van der Waals surface area contributed by atoms with Crippen molar-refractivity contribution in [1.82, 2.24) is 10.2 Å². The highest BCUT2D eigenvalue weighted by atomic mass is 32.1. The van der Waals surface area contributed by atoms with E-state index in [0.29, 0.717) is 10.6 Å². The molecule has 5 heteroatoms. The van der Waals surface area contributed by atoms with E-state index < -0.39 is 0 Å². The Balaban J connectivity index is 2.30. The van der Waals surface area contributed by atoms with Gasteiger partial charge in [-0.25, -0.2) is 0 Å². The summed E-state index contributed by atoms with van der Waals surface area (Å²) in [4.78, 5) is 15.0. The average molecular weight is 283 g/mol. The molecular formula is C14H25N3OS. The Kier molecular flexibility index (Phi) is 6.87. The molecule has 1 rings (SSSR count). The second kappa shape index (κ2) is 8.17. The standard InChI is InChI=1S/C14H25N3OS/c1-4-17(5-2)9-6-7-11(3)16-14(18)13-12(15)8-10-19-13/h8,10-11H,4-7,9,15H2,1-3H3,(H,16,18). The van der Waals surface area contributed by atoms with Gasteiger partial charge in [0.15, 0.2) is 0 Å². The molecule has 108 valence electrons. The first-order valence-electron chi connectivity index (χ1n) is 6.94. The minimum absolute atomic E-state index is 0.0529. The molecule has 4 nitrogen and oxygen atoms in total. The summed E-state index contributed by atoms with van der Waals surface area (Å²) in [5.74, 6) is -0.0529. The molecule has 19 heavy (non-hydrogen) atoms. The van der Waals surface area contributed by atoms with Crippen LogP contribution in [0, 0.1) is 0 Å². The summed E-state index contributed by atoms with van der Waals surface area (Å²) in [6, 6.07) is 1.95. The fraction of sp³-hybridized carbons (Fsp3) is 0.643. The molecule has 0 saturated carbocycles. The van der Waals surface area contributed by atoms with Crippen molar-refractivity contribution in [3.8, 4) is 0 Å². The minimum atomic E-state index is -0.0529. The van der Waals surface area contributed by atoms with Gasteiger partial charge in [0.2, 0.25) is 0 Å². The largest absolute Gasteiger partial charge is 0.397 e. The molecule has 3 N–H and O–H groups in total. The Morgan fingerprint density at radius 1 is 1.47 bits per heavy atom. The van der Waals surface area contributed by atoms with Gasteiger partial charge in [0.05, 0.1) is 5.69 Å². The summed E-state index contributed by atoms with van der Waals surface area (Å²) in [7, 11) is 0. The normalized spacial score (nSPS) is 12.6. The van der Waals surface area contributed by atoms with E-state index in [1.807, 2.05) is 12.3 Å². The maximum Gasteiger partial charge on any atom is 0.263 e. The highest BCUT2D eigenvalue weighted by Crippen LogP contribution is 2.18. The number of hydrogen-bond acceptors (Lipinski definition) is 4. The predicted octanol–water partition coefficient (Wildman–Crippen LogP) is 2.57. The third-order valence-corrected chi connectivity index (χ3v) is 4.21. The maximum absolute atomic E-state index is 12.0. The van der Waals surface area contributed by atoms with Gasteiger partial charge in [0.25, 0.3) is 5.91 Å².